The van der Waals surface area contributed by atoms with Gasteiger partial charge in [0, 0.05) is 30.1 Å². The van der Waals surface area contributed by atoms with Crippen molar-refractivity contribution < 1.29 is 22.7 Å². The molecule has 0 bridgehead atoms. The zero-order valence-electron chi connectivity index (χ0n) is 18.8. The van der Waals surface area contributed by atoms with E-state index in [1.807, 2.05) is 12.3 Å². The van der Waals surface area contributed by atoms with Crippen LogP contribution in [0.25, 0.3) is 10.9 Å². The zero-order chi connectivity index (χ0) is 25.3. The molecule has 1 fully saturated rings. The summed E-state index contributed by atoms with van der Waals surface area (Å²) in [7, 11) is 0. The molecule has 1 aliphatic carbocycles. The number of amides is 1. The van der Waals surface area contributed by atoms with Crippen molar-refractivity contribution in [1.29, 1.82) is 0 Å². The smallest absolute Gasteiger partial charge is 0.398 e. The second kappa shape index (κ2) is 10.1. The molecule has 7 nitrogen and oxygen atoms in total. The predicted octanol–water partition coefficient (Wildman–Crippen LogP) is 5.19. The fourth-order valence-electron chi connectivity index (χ4n) is 4.41. The number of halogens is 4. The molecule has 0 aliphatic heterocycles. The number of rotatable bonds is 5. The Labute approximate surface area is 212 Å². The second-order valence-corrected chi connectivity index (χ2v) is 9.93. The highest BCUT2D eigenvalue weighted by Gasteiger charge is 2.35. The van der Waals surface area contributed by atoms with E-state index >= 15 is 0 Å². The molecule has 0 unspecified atom stereocenters. The number of pyridine rings is 1. The molecule has 2 aromatic heterocycles. The van der Waals surface area contributed by atoms with Gasteiger partial charge in [-0.15, -0.1) is 10.1 Å². The first-order chi connectivity index (χ1) is 16.6. The molecule has 1 aliphatic rings. The summed E-state index contributed by atoms with van der Waals surface area (Å²) in [5.74, 6) is -0.278. The van der Waals surface area contributed by atoms with Gasteiger partial charge in [0.2, 0.25) is 0 Å². The number of thioether (sulfide) groups is 1. The van der Waals surface area contributed by atoms with Crippen molar-refractivity contribution >= 4 is 56.9 Å². The number of hydrazone groups is 1. The Morgan fingerprint density at radius 1 is 1.26 bits per heavy atom. The van der Waals surface area contributed by atoms with E-state index < -0.39 is 11.9 Å². The molecule has 4 rings (SSSR count). The van der Waals surface area contributed by atoms with Crippen LogP contribution in [-0.2, 0) is 6.18 Å². The largest absolute Gasteiger partial charge is 0.433 e. The first-order valence-electron chi connectivity index (χ1n) is 10.8. The Kier molecular flexibility index (Phi) is 7.32. The summed E-state index contributed by atoms with van der Waals surface area (Å²) in [4.78, 5) is 24.9. The van der Waals surface area contributed by atoms with Crippen LogP contribution in [0.1, 0.15) is 53.3 Å². The summed E-state index contributed by atoms with van der Waals surface area (Å²) in [6.45, 7) is 3.99. The molecule has 1 aromatic carbocycles. The lowest BCUT2D eigenvalue weighted by Gasteiger charge is -2.27. The molecule has 1 amide bonds. The van der Waals surface area contributed by atoms with Crippen LogP contribution in [-0.4, -0.2) is 44.6 Å². The average Bonchev–Trinajstić information content (AvgIpc) is 2.83. The van der Waals surface area contributed by atoms with Gasteiger partial charge in [-0.1, -0.05) is 23.9 Å². The third-order valence-electron chi connectivity index (χ3n) is 6.13. The lowest BCUT2D eigenvalue weighted by atomic mass is 9.80. The maximum Gasteiger partial charge on any atom is 0.433 e. The van der Waals surface area contributed by atoms with E-state index in [2.05, 4.69) is 43.0 Å². The summed E-state index contributed by atoms with van der Waals surface area (Å²) < 4.78 is 41.5. The summed E-state index contributed by atoms with van der Waals surface area (Å²) >= 11 is 4.65. The van der Waals surface area contributed by atoms with Crippen molar-refractivity contribution in [3.05, 3.63) is 51.9 Å². The number of nitrogens with zero attached hydrogens (tertiary/aromatic N) is 4. The number of hydrogen-bond acceptors (Lipinski definition) is 6. The van der Waals surface area contributed by atoms with Crippen LogP contribution in [0.2, 0.25) is 0 Å². The monoisotopic (exact) mass is 567 g/mol. The van der Waals surface area contributed by atoms with Gasteiger partial charge in [0.15, 0.2) is 23.6 Å². The van der Waals surface area contributed by atoms with E-state index in [4.69, 9.17) is 5.73 Å². The number of carbonyl (C=O) groups excluding carboxylic acids is 1. The molecule has 0 saturated heterocycles. The minimum atomic E-state index is -4.56. The number of hydrogen-bond donors (Lipinski definition) is 2. The molecule has 35 heavy (non-hydrogen) atoms. The van der Waals surface area contributed by atoms with Crippen molar-refractivity contribution in [1.82, 2.24) is 20.4 Å². The number of hydrazine groups is 1. The highest BCUT2D eigenvalue weighted by Crippen LogP contribution is 2.40. The van der Waals surface area contributed by atoms with Gasteiger partial charge in [0.25, 0.3) is 0 Å². The Morgan fingerprint density at radius 2 is 1.97 bits per heavy atom. The quantitative estimate of drug-likeness (QED) is 0.145. The summed E-state index contributed by atoms with van der Waals surface area (Å²) in [6, 6.07) is 6.07. The van der Waals surface area contributed by atoms with Gasteiger partial charge in [0.05, 0.1) is 9.99 Å². The van der Waals surface area contributed by atoms with E-state index in [0.29, 0.717) is 15.0 Å². The maximum atomic E-state index is 13.2. The molecule has 0 radical (unpaired) electrons. The Hall–Kier alpha value is -2.73. The van der Waals surface area contributed by atoms with Crippen LogP contribution in [0.5, 0.6) is 0 Å². The fraction of sp³-hybridized carbons (Fsp3) is 0.348. The summed E-state index contributed by atoms with van der Waals surface area (Å²) in [5.41, 5.74) is 9.29. The van der Waals surface area contributed by atoms with E-state index in [0.717, 1.165) is 37.3 Å². The third kappa shape index (κ3) is 5.43. The molecule has 3 aromatic rings. The molecule has 2 heterocycles. The van der Waals surface area contributed by atoms with Gasteiger partial charge in [-0.25, -0.2) is 15.0 Å². The van der Waals surface area contributed by atoms with Crippen molar-refractivity contribution in [2.45, 2.75) is 49.0 Å². The van der Waals surface area contributed by atoms with Gasteiger partial charge < -0.3 is 5.73 Å². The molecule has 0 spiro atoms. The maximum absolute atomic E-state index is 13.2. The number of aromatic nitrogens is 3. The lowest BCUT2D eigenvalue weighted by Crippen LogP contribution is -2.42. The van der Waals surface area contributed by atoms with E-state index in [1.165, 1.54) is 18.0 Å². The number of carbonyl (C=O) groups is 1. The number of nitrogens with two attached hydrogens (primary N) is 1. The Balaban J connectivity index is 1.46. The average molecular weight is 568 g/mol. The Bertz CT molecular complexity index is 1290. The predicted molar refractivity (Wildman–Crippen MR) is 133 cm³/mol. The van der Waals surface area contributed by atoms with Crippen LogP contribution in [0.15, 0.2) is 40.1 Å². The van der Waals surface area contributed by atoms with Crippen molar-refractivity contribution in [3.63, 3.8) is 0 Å². The topological polar surface area (TPSA) is 96.8 Å². The first kappa shape index (κ1) is 25.4. The van der Waals surface area contributed by atoms with E-state index in [1.54, 1.807) is 16.8 Å². The van der Waals surface area contributed by atoms with Gasteiger partial charge in [0.1, 0.15) is 5.69 Å². The molecule has 12 heteroatoms. The number of anilines is 1. The second-order valence-electron chi connectivity index (χ2n) is 8.31. The van der Waals surface area contributed by atoms with Crippen LogP contribution in [0.3, 0.4) is 0 Å². The number of nitrogens with one attached hydrogen (secondary N) is 1. The zero-order valence-corrected chi connectivity index (χ0v) is 21.2. The highest BCUT2D eigenvalue weighted by molar-refractivity contribution is 9.10. The van der Waals surface area contributed by atoms with E-state index in [9.17, 15) is 18.0 Å². The Morgan fingerprint density at radius 3 is 2.63 bits per heavy atom. The number of alkyl halides is 3. The SMILES string of the molecule is C=[N+](NC(=O)c1nc(SC)ncc1Br)C1CCC(c2cccc3nc(C(F)(F)F)cc(N)c23)CC1. The van der Waals surface area contributed by atoms with Gasteiger partial charge in [-0.05, 0) is 58.6 Å². The number of fused-ring (bicyclic) bond motifs is 1. The fourth-order valence-corrected chi connectivity index (χ4v) is 5.13. The number of nitrogen functional groups attached to an aromatic ring is 1. The van der Waals surface area contributed by atoms with Gasteiger partial charge in [-0.2, -0.15) is 13.2 Å². The van der Waals surface area contributed by atoms with Crippen LogP contribution >= 0.6 is 27.7 Å². The lowest BCUT2D eigenvalue weighted by molar-refractivity contribution is -0.604. The van der Waals surface area contributed by atoms with Gasteiger partial charge in [-0.3, -0.25) is 4.79 Å². The minimum Gasteiger partial charge on any atom is -0.398 e. The standard InChI is InChI=1S/C23H22BrF3N6OS/c1-33(32-21(34)20-15(24)11-29-22(31-20)35-2)13-8-6-12(7-9-13)14-4-3-5-17-19(14)16(28)10-18(30-17)23(25,26)27/h3-5,10-13H,1,6-9H2,2H3,(H2-,28,30,32,34)/p+1. The molecule has 3 N–H and O–H groups in total. The normalized spacial score (nSPS) is 18.4. The van der Waals surface area contributed by atoms with Gasteiger partial charge >= 0.3 is 12.1 Å². The summed E-state index contributed by atoms with van der Waals surface area (Å²) in [6.07, 6.45) is 1.80. The van der Waals surface area contributed by atoms with Crippen LogP contribution in [0.4, 0.5) is 18.9 Å². The van der Waals surface area contributed by atoms with Crippen molar-refractivity contribution in [2.24, 2.45) is 0 Å². The van der Waals surface area contributed by atoms with E-state index in [-0.39, 0.29) is 34.8 Å². The summed E-state index contributed by atoms with van der Waals surface area (Å²) in [5, 5.41) is 1.06. The minimum absolute atomic E-state index is 0.00175. The molecular weight excluding hydrogens is 545 g/mol. The van der Waals surface area contributed by atoms with Crippen LogP contribution in [0, 0.1) is 0 Å². The molecule has 0 atom stereocenters. The van der Waals surface area contributed by atoms with Crippen molar-refractivity contribution in [3.8, 4) is 0 Å². The highest BCUT2D eigenvalue weighted by atomic mass is 79.9. The van der Waals surface area contributed by atoms with Crippen LogP contribution < -0.4 is 11.2 Å². The molecule has 184 valence electrons. The van der Waals surface area contributed by atoms with Crippen molar-refractivity contribution in [2.75, 3.05) is 12.0 Å². The molecular formula is C23H23BrF3N6OS+. The molecule has 1 saturated carbocycles. The number of benzene rings is 1. The first-order valence-corrected chi connectivity index (χ1v) is 12.8. The third-order valence-corrected chi connectivity index (χ3v) is 7.27.